The third-order valence-electron chi connectivity index (χ3n) is 7.08. The van der Waals surface area contributed by atoms with Crippen LogP contribution < -0.4 is 4.74 Å². The number of fused-ring (bicyclic) bond motifs is 1. The molecule has 1 N–H and O–H groups in total. The molecule has 0 spiro atoms. The van der Waals surface area contributed by atoms with Crippen molar-refractivity contribution in [3.8, 4) is 16.9 Å². The van der Waals surface area contributed by atoms with Gasteiger partial charge in [-0.1, -0.05) is 41.4 Å². The first-order chi connectivity index (χ1) is 17.5. The van der Waals surface area contributed by atoms with Gasteiger partial charge in [-0.05, 0) is 68.1 Å². The number of methoxy groups -OCH3 is 1. The molecule has 2 heterocycles. The number of amides is 1. The Bertz CT molecular complexity index is 1500. The van der Waals surface area contributed by atoms with Crippen LogP contribution in [-0.4, -0.2) is 34.4 Å². The van der Waals surface area contributed by atoms with Gasteiger partial charge in [-0.2, -0.15) is 13.2 Å². The maximum absolute atomic E-state index is 14.0. The molecule has 3 aromatic carbocycles. The quantitative estimate of drug-likeness (QED) is 0.301. The summed E-state index contributed by atoms with van der Waals surface area (Å²) in [5.74, 6) is 0.987. The Morgan fingerprint density at radius 3 is 2.54 bits per heavy atom. The Hall–Kier alpha value is -3.52. The van der Waals surface area contributed by atoms with Crippen LogP contribution in [0, 0.1) is 6.92 Å². The van der Waals surface area contributed by atoms with Crippen LogP contribution in [0.3, 0.4) is 0 Å². The predicted molar refractivity (Wildman–Crippen MR) is 137 cm³/mol. The Morgan fingerprint density at radius 1 is 1.14 bits per heavy atom. The highest BCUT2D eigenvalue weighted by atomic mass is 35.5. The number of likely N-dealkylation sites (tertiary alicyclic amines) is 1. The van der Waals surface area contributed by atoms with Crippen molar-refractivity contribution in [2.45, 2.75) is 38.4 Å². The normalized spacial score (nSPS) is 18.0. The number of aromatic nitrogens is 2. The highest BCUT2D eigenvalue weighted by molar-refractivity contribution is 6.32. The van der Waals surface area contributed by atoms with Gasteiger partial charge in [-0.25, -0.2) is 4.98 Å². The average molecular weight is 528 g/mol. The summed E-state index contributed by atoms with van der Waals surface area (Å²) in [6.45, 7) is 4.32. The SMILES string of the molecule is COc1ccc(-c2ccc(C)cc2C(=O)N2CCCC2(C)c2nc3cc(Cl)c(C(F)(F)F)cc3[nH]2)cc1. The first-order valence-corrected chi connectivity index (χ1v) is 12.2. The number of hydrogen-bond donors (Lipinski definition) is 1. The highest BCUT2D eigenvalue weighted by Crippen LogP contribution is 2.42. The number of ether oxygens (including phenoxy) is 1. The van der Waals surface area contributed by atoms with Crippen LogP contribution in [-0.2, 0) is 11.7 Å². The molecule has 1 atom stereocenters. The van der Waals surface area contributed by atoms with E-state index in [1.807, 2.05) is 56.3 Å². The molecule has 1 aromatic heterocycles. The Morgan fingerprint density at radius 2 is 1.86 bits per heavy atom. The van der Waals surface area contributed by atoms with E-state index < -0.39 is 22.3 Å². The number of hydrogen-bond acceptors (Lipinski definition) is 3. The number of aromatic amines is 1. The van der Waals surface area contributed by atoms with E-state index in [0.717, 1.165) is 34.9 Å². The molecular formula is C28H25ClF3N3O2. The molecule has 5 nitrogen and oxygen atoms in total. The molecule has 37 heavy (non-hydrogen) atoms. The maximum atomic E-state index is 14.0. The molecule has 4 aromatic rings. The van der Waals surface area contributed by atoms with Gasteiger partial charge in [0.15, 0.2) is 0 Å². The van der Waals surface area contributed by atoms with Gasteiger partial charge in [0.05, 0.1) is 34.3 Å². The third-order valence-corrected chi connectivity index (χ3v) is 7.39. The molecule has 0 bridgehead atoms. The van der Waals surface area contributed by atoms with Crippen molar-refractivity contribution in [2.24, 2.45) is 0 Å². The Kier molecular flexibility index (Phi) is 6.18. The zero-order valence-electron chi connectivity index (χ0n) is 20.5. The lowest BCUT2D eigenvalue weighted by Crippen LogP contribution is -2.43. The molecule has 5 rings (SSSR count). The third kappa shape index (κ3) is 4.44. The monoisotopic (exact) mass is 527 g/mol. The minimum absolute atomic E-state index is 0.163. The molecule has 1 aliphatic heterocycles. The molecule has 1 aliphatic rings. The average Bonchev–Trinajstić information content (AvgIpc) is 3.46. The van der Waals surface area contributed by atoms with Crippen LogP contribution in [0.25, 0.3) is 22.2 Å². The van der Waals surface area contributed by atoms with E-state index in [4.69, 9.17) is 16.3 Å². The molecule has 1 fully saturated rings. The number of nitrogens with one attached hydrogen (secondary N) is 1. The summed E-state index contributed by atoms with van der Waals surface area (Å²) in [5, 5.41) is -0.411. The lowest BCUT2D eigenvalue weighted by molar-refractivity contribution is -0.137. The molecule has 9 heteroatoms. The molecule has 0 radical (unpaired) electrons. The van der Waals surface area contributed by atoms with Crippen molar-refractivity contribution < 1.29 is 22.7 Å². The predicted octanol–water partition coefficient (Wildman–Crippen LogP) is 7.37. The van der Waals surface area contributed by atoms with Crippen LogP contribution in [0.4, 0.5) is 13.2 Å². The largest absolute Gasteiger partial charge is 0.497 e. The summed E-state index contributed by atoms with van der Waals surface area (Å²) in [5.41, 5.74) is 1.95. The summed E-state index contributed by atoms with van der Waals surface area (Å²) in [4.78, 5) is 23.4. The van der Waals surface area contributed by atoms with Crippen LogP contribution in [0.2, 0.25) is 5.02 Å². The van der Waals surface area contributed by atoms with Crippen LogP contribution in [0.5, 0.6) is 5.75 Å². The van der Waals surface area contributed by atoms with E-state index in [-0.39, 0.29) is 11.4 Å². The fourth-order valence-corrected chi connectivity index (χ4v) is 5.31. The summed E-state index contributed by atoms with van der Waals surface area (Å²) >= 11 is 5.91. The van der Waals surface area contributed by atoms with Crippen molar-refractivity contribution in [3.05, 3.63) is 82.1 Å². The smallest absolute Gasteiger partial charge is 0.417 e. The van der Waals surface area contributed by atoms with Gasteiger partial charge in [-0.15, -0.1) is 0 Å². The van der Waals surface area contributed by atoms with E-state index in [0.29, 0.717) is 29.9 Å². The number of benzene rings is 3. The molecule has 1 unspecified atom stereocenters. The van der Waals surface area contributed by atoms with Gasteiger partial charge in [0, 0.05) is 12.1 Å². The van der Waals surface area contributed by atoms with Crippen LogP contribution in [0.1, 0.15) is 47.1 Å². The molecule has 0 aliphatic carbocycles. The maximum Gasteiger partial charge on any atom is 0.417 e. The van der Waals surface area contributed by atoms with Crippen LogP contribution in [0.15, 0.2) is 54.6 Å². The summed E-state index contributed by atoms with van der Waals surface area (Å²) < 4.78 is 45.4. The van der Waals surface area contributed by atoms with E-state index in [1.165, 1.54) is 6.07 Å². The van der Waals surface area contributed by atoms with Gasteiger partial charge >= 0.3 is 6.18 Å². The summed E-state index contributed by atoms with van der Waals surface area (Å²) in [6.07, 6.45) is -3.24. The van der Waals surface area contributed by atoms with Crippen molar-refractivity contribution in [1.82, 2.24) is 14.9 Å². The number of carbonyl (C=O) groups is 1. The Labute approximate surface area is 217 Å². The van der Waals surface area contributed by atoms with Gasteiger partial charge < -0.3 is 14.6 Å². The summed E-state index contributed by atoms with van der Waals surface area (Å²) in [7, 11) is 1.60. The number of imidazole rings is 1. The van der Waals surface area contributed by atoms with E-state index >= 15 is 0 Å². The van der Waals surface area contributed by atoms with Crippen molar-refractivity contribution >= 4 is 28.5 Å². The number of alkyl halides is 3. The molecule has 0 saturated carbocycles. The number of halogens is 4. The topological polar surface area (TPSA) is 58.2 Å². The second-order valence-electron chi connectivity index (χ2n) is 9.54. The van der Waals surface area contributed by atoms with Gasteiger partial charge in [0.2, 0.25) is 0 Å². The van der Waals surface area contributed by atoms with Gasteiger partial charge in [-0.3, -0.25) is 4.79 Å². The highest BCUT2D eigenvalue weighted by Gasteiger charge is 2.44. The second-order valence-corrected chi connectivity index (χ2v) is 9.95. The van der Waals surface area contributed by atoms with E-state index in [9.17, 15) is 18.0 Å². The number of aryl methyl sites for hydroxylation is 1. The van der Waals surface area contributed by atoms with Crippen molar-refractivity contribution in [1.29, 1.82) is 0 Å². The van der Waals surface area contributed by atoms with Crippen molar-refractivity contribution in [2.75, 3.05) is 13.7 Å². The molecule has 1 saturated heterocycles. The lowest BCUT2D eigenvalue weighted by Gasteiger charge is -2.34. The standard InChI is InChI=1S/C28H25ClF3N3O2/c1-16-5-10-19(17-6-8-18(37-3)9-7-17)20(13-16)25(36)35-12-4-11-27(35,2)26-33-23-14-21(28(30,31)32)22(29)15-24(23)34-26/h5-10,13-15H,4,11-12H2,1-3H3,(H,33,34). The fraction of sp³-hybridized carbons (Fsp3) is 0.286. The number of H-pyrrole nitrogens is 1. The zero-order chi connectivity index (χ0) is 26.5. The first kappa shape index (κ1) is 25.1. The number of nitrogens with zero attached hydrogens (tertiary/aromatic N) is 2. The van der Waals surface area contributed by atoms with Gasteiger partial charge in [0.25, 0.3) is 5.91 Å². The minimum Gasteiger partial charge on any atom is -0.497 e. The fourth-order valence-electron chi connectivity index (χ4n) is 5.04. The number of rotatable bonds is 4. The minimum atomic E-state index is -4.58. The Balaban J connectivity index is 1.56. The van der Waals surface area contributed by atoms with Gasteiger partial charge in [0.1, 0.15) is 11.6 Å². The molecule has 1 amide bonds. The van der Waals surface area contributed by atoms with E-state index in [1.54, 1.807) is 12.0 Å². The zero-order valence-corrected chi connectivity index (χ0v) is 21.3. The van der Waals surface area contributed by atoms with E-state index in [2.05, 4.69) is 9.97 Å². The summed E-state index contributed by atoms with van der Waals surface area (Å²) in [6, 6.07) is 15.5. The first-order valence-electron chi connectivity index (χ1n) is 11.9. The second kappa shape index (κ2) is 9.10. The number of carbonyl (C=O) groups excluding carboxylic acids is 1. The molecular weight excluding hydrogens is 503 g/mol. The molecule has 192 valence electrons. The van der Waals surface area contributed by atoms with Crippen molar-refractivity contribution in [3.63, 3.8) is 0 Å². The van der Waals surface area contributed by atoms with Crippen LogP contribution >= 0.6 is 11.6 Å². The lowest BCUT2D eigenvalue weighted by atomic mass is 9.94.